The summed E-state index contributed by atoms with van der Waals surface area (Å²) in [5.41, 5.74) is 2.51. The molecule has 0 aromatic carbocycles. The van der Waals surface area contributed by atoms with E-state index in [0.29, 0.717) is 5.69 Å². The molecule has 0 saturated heterocycles. The molecule has 2 aromatic heterocycles. The standard InChI is InChI=1S/C7H6N2.C5H6N2/c1-6-2-3-7(4-8)9-5-6;1-5-3-2-4-6-7-5/h2-3,5H,1H3;2-4H,1H3. The van der Waals surface area contributed by atoms with Crippen LogP contribution in [0.1, 0.15) is 17.0 Å². The van der Waals surface area contributed by atoms with E-state index < -0.39 is 0 Å². The minimum Gasteiger partial charge on any atom is -0.245 e. The van der Waals surface area contributed by atoms with Crippen molar-refractivity contribution in [1.29, 1.82) is 5.26 Å². The molecular formula is C12H12N4. The first-order valence-corrected chi connectivity index (χ1v) is 4.79. The maximum atomic E-state index is 8.32. The van der Waals surface area contributed by atoms with Gasteiger partial charge in [-0.25, -0.2) is 4.98 Å². The molecule has 0 aliphatic heterocycles. The van der Waals surface area contributed by atoms with Crippen molar-refractivity contribution in [2.75, 3.05) is 0 Å². The van der Waals surface area contributed by atoms with Crippen LogP contribution in [0.5, 0.6) is 0 Å². The van der Waals surface area contributed by atoms with Gasteiger partial charge in [0, 0.05) is 12.4 Å². The van der Waals surface area contributed by atoms with Gasteiger partial charge in [0.2, 0.25) is 0 Å². The number of rotatable bonds is 0. The summed E-state index contributed by atoms with van der Waals surface area (Å²) in [7, 11) is 0. The molecule has 80 valence electrons. The molecule has 0 bridgehead atoms. The van der Waals surface area contributed by atoms with E-state index >= 15 is 0 Å². The molecule has 4 nitrogen and oxygen atoms in total. The Kier molecular flexibility index (Phi) is 4.61. The lowest BCUT2D eigenvalue weighted by Gasteiger charge is -1.87. The first kappa shape index (κ1) is 11.8. The van der Waals surface area contributed by atoms with Crippen LogP contribution in [0.4, 0.5) is 0 Å². The molecular weight excluding hydrogens is 200 g/mol. The van der Waals surface area contributed by atoms with E-state index in [2.05, 4.69) is 15.2 Å². The summed E-state index contributed by atoms with van der Waals surface area (Å²) in [4.78, 5) is 3.84. The van der Waals surface area contributed by atoms with Gasteiger partial charge in [-0.2, -0.15) is 15.5 Å². The highest BCUT2D eigenvalue weighted by molar-refractivity contribution is 5.22. The average Bonchev–Trinajstić information content (AvgIpc) is 2.32. The Morgan fingerprint density at radius 1 is 1.19 bits per heavy atom. The van der Waals surface area contributed by atoms with Gasteiger partial charge in [-0.3, -0.25) is 0 Å². The van der Waals surface area contributed by atoms with Crippen LogP contribution in [0.15, 0.2) is 36.7 Å². The van der Waals surface area contributed by atoms with Crippen LogP contribution < -0.4 is 0 Å². The van der Waals surface area contributed by atoms with Crippen molar-refractivity contribution < 1.29 is 0 Å². The van der Waals surface area contributed by atoms with Crippen molar-refractivity contribution in [1.82, 2.24) is 15.2 Å². The highest BCUT2D eigenvalue weighted by Crippen LogP contribution is 1.95. The molecule has 16 heavy (non-hydrogen) atoms. The van der Waals surface area contributed by atoms with E-state index in [1.165, 1.54) is 0 Å². The zero-order valence-corrected chi connectivity index (χ0v) is 9.25. The van der Waals surface area contributed by atoms with Crippen LogP contribution in [0.3, 0.4) is 0 Å². The number of nitrogens with zero attached hydrogens (tertiary/aromatic N) is 4. The Bertz CT molecular complexity index is 457. The molecule has 2 heterocycles. The van der Waals surface area contributed by atoms with Gasteiger partial charge in [-0.1, -0.05) is 6.07 Å². The molecule has 0 N–H and O–H groups in total. The number of aromatic nitrogens is 3. The van der Waals surface area contributed by atoms with Crippen LogP contribution in [0, 0.1) is 25.2 Å². The Morgan fingerprint density at radius 2 is 2.00 bits per heavy atom. The van der Waals surface area contributed by atoms with E-state index in [1.807, 2.05) is 38.1 Å². The van der Waals surface area contributed by atoms with Crippen molar-refractivity contribution in [2.24, 2.45) is 0 Å². The van der Waals surface area contributed by atoms with E-state index in [9.17, 15) is 0 Å². The molecule has 4 heteroatoms. The number of hydrogen-bond donors (Lipinski definition) is 0. The fraction of sp³-hybridized carbons (Fsp3) is 0.167. The van der Waals surface area contributed by atoms with Crippen LogP contribution in [-0.4, -0.2) is 15.2 Å². The zero-order valence-electron chi connectivity index (χ0n) is 9.25. The smallest absolute Gasteiger partial charge is 0.140 e. The summed E-state index contributed by atoms with van der Waals surface area (Å²) in [6.07, 6.45) is 3.34. The quantitative estimate of drug-likeness (QED) is 0.670. The first-order valence-electron chi connectivity index (χ1n) is 4.79. The number of pyridine rings is 1. The number of nitriles is 1. The molecule has 0 radical (unpaired) electrons. The molecule has 2 aromatic rings. The highest BCUT2D eigenvalue weighted by atomic mass is 15.1. The first-order chi connectivity index (χ1) is 7.72. The molecule has 0 saturated carbocycles. The lowest BCUT2D eigenvalue weighted by Crippen LogP contribution is -1.80. The molecule has 2 rings (SSSR count). The fourth-order valence-electron chi connectivity index (χ4n) is 0.912. The largest absolute Gasteiger partial charge is 0.245 e. The summed E-state index contributed by atoms with van der Waals surface area (Å²) in [6.45, 7) is 3.85. The van der Waals surface area contributed by atoms with Crippen molar-refractivity contribution in [2.45, 2.75) is 13.8 Å². The molecule has 0 fully saturated rings. The predicted molar refractivity (Wildman–Crippen MR) is 60.5 cm³/mol. The van der Waals surface area contributed by atoms with Gasteiger partial charge in [-0.15, -0.1) is 0 Å². The summed E-state index contributed by atoms with van der Waals surface area (Å²) < 4.78 is 0. The van der Waals surface area contributed by atoms with Crippen molar-refractivity contribution in [3.05, 3.63) is 53.6 Å². The zero-order chi connectivity index (χ0) is 11.8. The van der Waals surface area contributed by atoms with Crippen LogP contribution in [0.25, 0.3) is 0 Å². The van der Waals surface area contributed by atoms with Crippen LogP contribution in [0.2, 0.25) is 0 Å². The molecule has 0 amide bonds. The third kappa shape index (κ3) is 4.29. The average molecular weight is 212 g/mol. The lowest BCUT2D eigenvalue weighted by atomic mass is 10.3. The van der Waals surface area contributed by atoms with Gasteiger partial charge in [0.25, 0.3) is 0 Å². The van der Waals surface area contributed by atoms with Gasteiger partial charge in [0.1, 0.15) is 11.8 Å². The van der Waals surface area contributed by atoms with Gasteiger partial charge in [0.05, 0.1) is 5.69 Å². The summed E-state index contributed by atoms with van der Waals surface area (Å²) in [5.74, 6) is 0. The second kappa shape index (κ2) is 6.25. The second-order valence-corrected chi connectivity index (χ2v) is 3.20. The Morgan fingerprint density at radius 3 is 2.38 bits per heavy atom. The number of aryl methyl sites for hydroxylation is 2. The SMILES string of the molecule is Cc1ccc(C#N)nc1.Cc1cccnn1. The van der Waals surface area contributed by atoms with Gasteiger partial charge >= 0.3 is 0 Å². The monoisotopic (exact) mass is 212 g/mol. The van der Waals surface area contributed by atoms with Gasteiger partial charge in [-0.05, 0) is 37.6 Å². The fourth-order valence-corrected chi connectivity index (χ4v) is 0.912. The molecule has 0 unspecified atom stereocenters. The molecule has 0 aliphatic carbocycles. The minimum absolute atomic E-state index is 0.473. The van der Waals surface area contributed by atoms with E-state index in [1.54, 1.807) is 18.5 Å². The van der Waals surface area contributed by atoms with Crippen molar-refractivity contribution >= 4 is 0 Å². The Labute approximate surface area is 94.6 Å². The summed E-state index contributed by atoms with van der Waals surface area (Å²) >= 11 is 0. The van der Waals surface area contributed by atoms with E-state index in [4.69, 9.17) is 5.26 Å². The third-order valence-electron chi connectivity index (χ3n) is 1.73. The summed E-state index contributed by atoms with van der Waals surface area (Å²) in [5, 5.41) is 15.7. The highest BCUT2D eigenvalue weighted by Gasteiger charge is 1.86. The van der Waals surface area contributed by atoms with Crippen molar-refractivity contribution in [3.8, 4) is 6.07 Å². The lowest BCUT2D eigenvalue weighted by molar-refractivity contribution is 0.980. The van der Waals surface area contributed by atoms with E-state index in [0.717, 1.165) is 11.3 Å². The topological polar surface area (TPSA) is 62.5 Å². The predicted octanol–water partition coefficient (Wildman–Crippen LogP) is 2.05. The third-order valence-corrected chi connectivity index (χ3v) is 1.73. The van der Waals surface area contributed by atoms with Crippen LogP contribution >= 0.6 is 0 Å². The van der Waals surface area contributed by atoms with Crippen LogP contribution in [-0.2, 0) is 0 Å². The molecule has 0 spiro atoms. The Hall–Kier alpha value is -2.28. The summed E-state index contributed by atoms with van der Waals surface area (Å²) in [6, 6.07) is 9.29. The second-order valence-electron chi connectivity index (χ2n) is 3.20. The normalized spacial score (nSPS) is 8.56. The maximum Gasteiger partial charge on any atom is 0.140 e. The maximum absolute atomic E-state index is 8.32. The molecule has 0 atom stereocenters. The van der Waals surface area contributed by atoms with Gasteiger partial charge < -0.3 is 0 Å². The Balaban J connectivity index is 0.000000165. The molecule has 0 aliphatic rings. The minimum atomic E-state index is 0.473. The number of hydrogen-bond acceptors (Lipinski definition) is 4. The van der Waals surface area contributed by atoms with Gasteiger partial charge in [0.15, 0.2) is 0 Å². The van der Waals surface area contributed by atoms with Crippen molar-refractivity contribution in [3.63, 3.8) is 0 Å². The van der Waals surface area contributed by atoms with E-state index in [-0.39, 0.29) is 0 Å².